The predicted molar refractivity (Wildman–Crippen MR) is 95.5 cm³/mol. The highest BCUT2D eigenvalue weighted by Gasteiger charge is 2.12. The molecule has 23 heavy (non-hydrogen) atoms. The molecular formula is C20H17N3. The van der Waals surface area contributed by atoms with E-state index in [1.165, 1.54) is 5.56 Å². The third kappa shape index (κ3) is 2.57. The van der Waals surface area contributed by atoms with E-state index < -0.39 is 0 Å². The number of nitrogens with zero attached hydrogens (tertiary/aromatic N) is 2. The van der Waals surface area contributed by atoms with Gasteiger partial charge in [0.05, 0.1) is 11.2 Å². The molecule has 0 fully saturated rings. The van der Waals surface area contributed by atoms with E-state index in [-0.39, 0.29) is 0 Å². The number of aromatic nitrogens is 2. The first-order valence-electron chi connectivity index (χ1n) is 7.68. The van der Waals surface area contributed by atoms with Crippen LogP contribution in [0.2, 0.25) is 0 Å². The number of hydrogen-bond acceptors (Lipinski definition) is 2. The Hall–Kier alpha value is -3.07. The maximum atomic E-state index is 4.75. The molecule has 0 bridgehead atoms. The Balaban J connectivity index is 1.87. The molecular weight excluding hydrogens is 282 g/mol. The monoisotopic (exact) mass is 299 g/mol. The lowest BCUT2D eigenvalue weighted by atomic mass is 10.2. The van der Waals surface area contributed by atoms with Crippen LogP contribution in [-0.2, 0) is 0 Å². The van der Waals surface area contributed by atoms with Gasteiger partial charge in [0.15, 0.2) is 0 Å². The molecule has 0 aliphatic rings. The van der Waals surface area contributed by atoms with Crippen molar-refractivity contribution in [2.75, 3.05) is 5.32 Å². The Morgan fingerprint density at radius 2 is 1.48 bits per heavy atom. The van der Waals surface area contributed by atoms with Crippen LogP contribution in [0.15, 0.2) is 78.9 Å². The van der Waals surface area contributed by atoms with Gasteiger partial charge in [-0.2, -0.15) is 5.10 Å². The first kappa shape index (κ1) is 13.6. The molecule has 4 rings (SSSR count). The highest BCUT2D eigenvalue weighted by molar-refractivity contribution is 5.92. The van der Waals surface area contributed by atoms with Crippen LogP contribution in [0.4, 0.5) is 11.5 Å². The molecule has 0 spiro atoms. The van der Waals surface area contributed by atoms with E-state index in [1.807, 2.05) is 41.1 Å². The van der Waals surface area contributed by atoms with Crippen LogP contribution < -0.4 is 5.32 Å². The summed E-state index contributed by atoms with van der Waals surface area (Å²) in [6.45, 7) is 2.09. The molecule has 112 valence electrons. The molecule has 3 aromatic carbocycles. The Morgan fingerprint density at radius 1 is 0.783 bits per heavy atom. The molecule has 1 heterocycles. The molecule has 0 radical (unpaired) electrons. The van der Waals surface area contributed by atoms with E-state index >= 15 is 0 Å². The van der Waals surface area contributed by atoms with Crippen LogP contribution in [0, 0.1) is 6.92 Å². The Labute approximate surface area is 135 Å². The van der Waals surface area contributed by atoms with E-state index in [0.717, 1.165) is 28.1 Å². The topological polar surface area (TPSA) is 29.9 Å². The summed E-state index contributed by atoms with van der Waals surface area (Å²) >= 11 is 0. The van der Waals surface area contributed by atoms with Crippen molar-refractivity contribution in [2.24, 2.45) is 0 Å². The van der Waals surface area contributed by atoms with Crippen LogP contribution in [0.25, 0.3) is 16.6 Å². The number of aryl methyl sites for hydroxylation is 1. The van der Waals surface area contributed by atoms with Crippen LogP contribution in [-0.4, -0.2) is 9.78 Å². The highest BCUT2D eigenvalue weighted by atomic mass is 15.3. The molecule has 0 aliphatic heterocycles. The molecule has 3 nitrogen and oxygen atoms in total. The van der Waals surface area contributed by atoms with Gasteiger partial charge in [-0.05, 0) is 43.3 Å². The summed E-state index contributed by atoms with van der Waals surface area (Å²) in [7, 11) is 0. The van der Waals surface area contributed by atoms with E-state index in [1.54, 1.807) is 0 Å². The zero-order valence-corrected chi connectivity index (χ0v) is 12.9. The van der Waals surface area contributed by atoms with Gasteiger partial charge in [-0.3, -0.25) is 0 Å². The second kappa shape index (κ2) is 5.61. The number of fused-ring (bicyclic) bond motifs is 1. The Kier molecular flexibility index (Phi) is 3.31. The van der Waals surface area contributed by atoms with E-state index in [0.29, 0.717) is 0 Å². The maximum absolute atomic E-state index is 4.75. The smallest absolute Gasteiger partial charge is 0.142 e. The molecule has 0 saturated carbocycles. The highest BCUT2D eigenvalue weighted by Crippen LogP contribution is 2.29. The number of para-hydroxylation sites is 1. The predicted octanol–water partition coefficient (Wildman–Crippen LogP) is 5.08. The quantitative estimate of drug-likeness (QED) is 0.572. The van der Waals surface area contributed by atoms with Gasteiger partial charge in [-0.25, -0.2) is 4.68 Å². The lowest BCUT2D eigenvalue weighted by Gasteiger charge is -2.10. The standard InChI is InChI=1S/C20H17N3/c1-15-11-13-16(14-12-15)21-20-18-9-5-6-10-19(18)22-23(20)17-7-3-2-4-8-17/h2-14,21H,1H3. The van der Waals surface area contributed by atoms with Crippen molar-refractivity contribution in [3.63, 3.8) is 0 Å². The summed E-state index contributed by atoms with van der Waals surface area (Å²) in [6, 6.07) is 26.8. The number of hydrogen-bond donors (Lipinski definition) is 1. The van der Waals surface area contributed by atoms with Gasteiger partial charge in [0.2, 0.25) is 0 Å². The van der Waals surface area contributed by atoms with Crippen molar-refractivity contribution in [1.29, 1.82) is 0 Å². The summed E-state index contributed by atoms with van der Waals surface area (Å²) in [6.07, 6.45) is 0. The number of rotatable bonds is 3. The third-order valence-electron chi connectivity index (χ3n) is 3.89. The van der Waals surface area contributed by atoms with Gasteiger partial charge in [0.1, 0.15) is 5.82 Å². The van der Waals surface area contributed by atoms with Gasteiger partial charge in [-0.15, -0.1) is 0 Å². The minimum atomic E-state index is 0.978. The second-order valence-electron chi connectivity index (χ2n) is 5.60. The number of benzene rings is 3. The minimum Gasteiger partial charge on any atom is -0.340 e. The molecule has 0 amide bonds. The zero-order valence-electron chi connectivity index (χ0n) is 12.9. The summed E-state index contributed by atoms with van der Waals surface area (Å²) in [4.78, 5) is 0. The van der Waals surface area contributed by atoms with Crippen molar-refractivity contribution in [3.8, 4) is 5.69 Å². The van der Waals surface area contributed by atoms with Crippen molar-refractivity contribution >= 4 is 22.4 Å². The van der Waals surface area contributed by atoms with Crippen LogP contribution in [0.1, 0.15) is 5.56 Å². The number of anilines is 2. The molecule has 0 atom stereocenters. The molecule has 1 N–H and O–H groups in total. The molecule has 0 aliphatic carbocycles. The van der Waals surface area contributed by atoms with E-state index in [2.05, 4.69) is 54.7 Å². The Bertz CT molecular complexity index is 938. The van der Waals surface area contributed by atoms with Gasteiger partial charge in [-0.1, -0.05) is 48.0 Å². The van der Waals surface area contributed by atoms with E-state index in [4.69, 9.17) is 5.10 Å². The van der Waals surface area contributed by atoms with Gasteiger partial charge in [0, 0.05) is 11.1 Å². The number of nitrogens with one attached hydrogen (secondary N) is 1. The second-order valence-corrected chi connectivity index (χ2v) is 5.60. The zero-order chi connectivity index (χ0) is 15.6. The molecule has 0 saturated heterocycles. The fourth-order valence-electron chi connectivity index (χ4n) is 2.68. The largest absolute Gasteiger partial charge is 0.340 e. The Morgan fingerprint density at radius 3 is 2.26 bits per heavy atom. The average molecular weight is 299 g/mol. The summed E-state index contributed by atoms with van der Waals surface area (Å²) in [5.41, 5.74) is 4.32. The maximum Gasteiger partial charge on any atom is 0.142 e. The molecule has 3 heteroatoms. The van der Waals surface area contributed by atoms with Crippen LogP contribution in [0.5, 0.6) is 0 Å². The van der Waals surface area contributed by atoms with Crippen molar-refractivity contribution in [2.45, 2.75) is 6.92 Å². The van der Waals surface area contributed by atoms with Crippen molar-refractivity contribution < 1.29 is 0 Å². The summed E-state index contributed by atoms with van der Waals surface area (Å²) in [5, 5.41) is 9.38. The lowest BCUT2D eigenvalue weighted by Crippen LogP contribution is -2.02. The lowest BCUT2D eigenvalue weighted by molar-refractivity contribution is 0.904. The normalized spacial score (nSPS) is 10.8. The van der Waals surface area contributed by atoms with Crippen LogP contribution >= 0.6 is 0 Å². The fraction of sp³-hybridized carbons (Fsp3) is 0.0500. The fourth-order valence-corrected chi connectivity index (χ4v) is 2.68. The van der Waals surface area contributed by atoms with E-state index in [9.17, 15) is 0 Å². The summed E-state index contributed by atoms with van der Waals surface area (Å²) < 4.78 is 1.96. The molecule has 0 unspecified atom stereocenters. The summed E-state index contributed by atoms with van der Waals surface area (Å²) in [5.74, 6) is 0.982. The molecule has 1 aromatic heterocycles. The van der Waals surface area contributed by atoms with Crippen LogP contribution in [0.3, 0.4) is 0 Å². The van der Waals surface area contributed by atoms with Gasteiger partial charge in [0.25, 0.3) is 0 Å². The average Bonchev–Trinajstić information content (AvgIpc) is 2.96. The van der Waals surface area contributed by atoms with Gasteiger partial charge < -0.3 is 5.32 Å². The third-order valence-corrected chi connectivity index (χ3v) is 3.89. The molecule has 4 aromatic rings. The van der Waals surface area contributed by atoms with Gasteiger partial charge >= 0.3 is 0 Å². The first-order valence-corrected chi connectivity index (χ1v) is 7.68. The first-order chi connectivity index (χ1) is 11.3. The SMILES string of the molecule is Cc1ccc(Nc2c3ccccc3nn2-c2ccccc2)cc1. The van der Waals surface area contributed by atoms with Crippen molar-refractivity contribution in [1.82, 2.24) is 9.78 Å². The minimum absolute atomic E-state index is 0.978. The van der Waals surface area contributed by atoms with Crippen molar-refractivity contribution in [3.05, 3.63) is 84.4 Å².